The molecule has 5 rings (SSSR count). The highest BCUT2D eigenvalue weighted by molar-refractivity contribution is 5.92. The van der Waals surface area contributed by atoms with Crippen LogP contribution in [0, 0.1) is 0 Å². The zero-order valence-corrected chi connectivity index (χ0v) is 17.0. The van der Waals surface area contributed by atoms with Crippen molar-refractivity contribution >= 4 is 23.1 Å². The van der Waals surface area contributed by atoms with Gasteiger partial charge in [-0.25, -0.2) is 14.8 Å². The Balaban J connectivity index is 1.37. The van der Waals surface area contributed by atoms with E-state index >= 15 is 0 Å². The van der Waals surface area contributed by atoms with Crippen molar-refractivity contribution in [3.05, 3.63) is 36.3 Å². The van der Waals surface area contributed by atoms with Gasteiger partial charge in [0.25, 0.3) is 0 Å². The van der Waals surface area contributed by atoms with E-state index in [1.807, 2.05) is 21.5 Å². The van der Waals surface area contributed by atoms with Crippen molar-refractivity contribution in [2.45, 2.75) is 31.7 Å². The largest absolute Gasteiger partial charge is 0.465 e. The lowest BCUT2D eigenvalue weighted by atomic mass is 10.3. The van der Waals surface area contributed by atoms with Crippen LogP contribution in [0.15, 0.2) is 30.7 Å². The third-order valence-corrected chi connectivity index (χ3v) is 5.70. The number of hydrogen-bond acceptors (Lipinski definition) is 8. The van der Waals surface area contributed by atoms with Gasteiger partial charge in [-0.2, -0.15) is 5.10 Å². The van der Waals surface area contributed by atoms with Crippen LogP contribution in [0.2, 0.25) is 0 Å². The van der Waals surface area contributed by atoms with E-state index in [-0.39, 0.29) is 18.2 Å². The van der Waals surface area contributed by atoms with Gasteiger partial charge < -0.3 is 19.1 Å². The van der Waals surface area contributed by atoms with Crippen molar-refractivity contribution in [3.8, 4) is 0 Å². The number of ether oxygens (including phenoxy) is 3. The van der Waals surface area contributed by atoms with Gasteiger partial charge in [0, 0.05) is 38.2 Å². The average Bonchev–Trinajstić information content (AvgIpc) is 3.49. The maximum atomic E-state index is 11.8. The minimum atomic E-state index is -0.422. The monoisotopic (exact) mass is 412 g/mol. The van der Waals surface area contributed by atoms with Crippen LogP contribution in [0.3, 0.4) is 0 Å². The second kappa shape index (κ2) is 7.69. The molecule has 0 aromatic carbocycles. The van der Waals surface area contributed by atoms with Gasteiger partial charge >= 0.3 is 5.97 Å². The topological polar surface area (TPSA) is 96.5 Å². The minimum absolute atomic E-state index is 0.0331. The van der Waals surface area contributed by atoms with E-state index < -0.39 is 5.97 Å². The average molecular weight is 412 g/mol. The fourth-order valence-electron chi connectivity index (χ4n) is 4.16. The zero-order valence-electron chi connectivity index (χ0n) is 17.0. The van der Waals surface area contributed by atoms with E-state index in [4.69, 9.17) is 19.2 Å². The molecule has 5 heterocycles. The van der Waals surface area contributed by atoms with Crippen molar-refractivity contribution in [1.82, 2.24) is 24.3 Å². The molecular formula is C20H24N6O4. The molecule has 0 N–H and O–H groups in total. The summed E-state index contributed by atoms with van der Waals surface area (Å²) in [5, 5.41) is 4.30. The van der Waals surface area contributed by atoms with Crippen LogP contribution in [0.25, 0.3) is 11.2 Å². The number of aryl methyl sites for hydroxylation is 1. The fourth-order valence-corrected chi connectivity index (χ4v) is 4.16. The van der Waals surface area contributed by atoms with Crippen LogP contribution in [-0.2, 0) is 20.8 Å². The van der Waals surface area contributed by atoms with Gasteiger partial charge in [0.1, 0.15) is 17.7 Å². The molecule has 0 bridgehead atoms. The van der Waals surface area contributed by atoms with Crippen LogP contribution >= 0.6 is 0 Å². The summed E-state index contributed by atoms with van der Waals surface area (Å²) < 4.78 is 21.1. The summed E-state index contributed by atoms with van der Waals surface area (Å²) in [6.07, 6.45) is 5.16. The summed E-state index contributed by atoms with van der Waals surface area (Å²) >= 11 is 0. The summed E-state index contributed by atoms with van der Waals surface area (Å²) in [7, 11) is 1.36. The molecule has 10 nitrogen and oxygen atoms in total. The molecule has 2 atom stereocenters. The lowest BCUT2D eigenvalue weighted by Crippen LogP contribution is -2.27. The van der Waals surface area contributed by atoms with Crippen LogP contribution in [0.4, 0.5) is 5.95 Å². The number of carbonyl (C=O) groups excluding carboxylic acids is 1. The Kier molecular flexibility index (Phi) is 4.87. The number of esters is 1. The molecule has 0 unspecified atom stereocenters. The maximum Gasteiger partial charge on any atom is 0.339 e. The summed E-state index contributed by atoms with van der Waals surface area (Å²) in [6.45, 7) is 5.25. The number of aromatic nitrogens is 5. The number of fused-ring (bicyclic) bond motifs is 2. The first-order chi connectivity index (χ1) is 14.7. The highest BCUT2D eigenvalue weighted by Crippen LogP contribution is 2.29. The second-order valence-electron chi connectivity index (χ2n) is 7.50. The number of nitrogens with zero attached hydrogens (tertiary/aromatic N) is 6. The Labute approximate surface area is 173 Å². The van der Waals surface area contributed by atoms with Gasteiger partial charge in [0.15, 0.2) is 5.65 Å². The number of rotatable bonds is 4. The van der Waals surface area contributed by atoms with Gasteiger partial charge in [-0.05, 0) is 19.1 Å². The highest BCUT2D eigenvalue weighted by Gasteiger charge is 2.39. The Morgan fingerprint density at radius 3 is 2.67 bits per heavy atom. The molecule has 158 valence electrons. The van der Waals surface area contributed by atoms with E-state index in [0.717, 1.165) is 11.6 Å². The summed E-state index contributed by atoms with van der Waals surface area (Å²) in [5.41, 5.74) is 1.80. The van der Waals surface area contributed by atoms with Gasteiger partial charge in [-0.1, -0.05) is 0 Å². The molecule has 0 saturated carbocycles. The van der Waals surface area contributed by atoms with Crippen molar-refractivity contribution < 1.29 is 19.0 Å². The molecule has 10 heteroatoms. The predicted octanol–water partition coefficient (Wildman–Crippen LogP) is 1.28. The molecule has 2 fully saturated rings. The van der Waals surface area contributed by atoms with E-state index in [2.05, 4.69) is 21.9 Å². The second-order valence-corrected chi connectivity index (χ2v) is 7.50. The fraction of sp³-hybridized carbons (Fsp3) is 0.500. The number of carbonyl (C=O) groups is 1. The van der Waals surface area contributed by atoms with Crippen molar-refractivity contribution in [2.75, 3.05) is 38.3 Å². The van der Waals surface area contributed by atoms with E-state index in [0.29, 0.717) is 43.9 Å². The first-order valence-electron chi connectivity index (χ1n) is 10.1. The SMILES string of the molecule is CCn1c(N2C[C@@H]3OCC(n4cccn4)CO[C@H]3C2)nc2cc(C(=O)OC)cnc21. The standard InChI is InChI=1S/C20H24N6O4/c1-3-25-18-15(7-13(8-21-18)19(27)28-2)23-20(25)24-9-16-17(10-24)30-12-14(11-29-16)26-6-4-5-22-26/h4-8,14,16-17H,3,9-12H2,1-2H3/t16-,17-/m0/s1. The lowest BCUT2D eigenvalue weighted by molar-refractivity contribution is -0.00461. The van der Waals surface area contributed by atoms with Crippen LogP contribution in [0.1, 0.15) is 23.3 Å². The third-order valence-electron chi connectivity index (χ3n) is 5.70. The minimum Gasteiger partial charge on any atom is -0.465 e. The lowest BCUT2D eigenvalue weighted by Gasteiger charge is -2.20. The highest BCUT2D eigenvalue weighted by atomic mass is 16.6. The predicted molar refractivity (Wildman–Crippen MR) is 107 cm³/mol. The van der Waals surface area contributed by atoms with E-state index in [9.17, 15) is 4.79 Å². The third kappa shape index (κ3) is 3.21. The number of pyridine rings is 1. The van der Waals surface area contributed by atoms with Gasteiger partial charge in [-0.15, -0.1) is 0 Å². The summed E-state index contributed by atoms with van der Waals surface area (Å²) in [5.74, 6) is 0.389. The maximum absolute atomic E-state index is 11.8. The van der Waals surface area contributed by atoms with E-state index in [1.165, 1.54) is 13.3 Å². The molecule has 0 radical (unpaired) electrons. The Morgan fingerprint density at radius 2 is 2.03 bits per heavy atom. The van der Waals surface area contributed by atoms with E-state index in [1.54, 1.807) is 12.3 Å². The summed E-state index contributed by atoms with van der Waals surface area (Å²) in [4.78, 5) is 23.2. The Morgan fingerprint density at radius 1 is 1.27 bits per heavy atom. The molecule has 0 aliphatic carbocycles. The van der Waals surface area contributed by atoms with Crippen LogP contribution in [0.5, 0.6) is 0 Å². The molecule has 0 amide bonds. The molecule has 0 spiro atoms. The molecule has 2 saturated heterocycles. The molecule has 2 aliphatic rings. The van der Waals surface area contributed by atoms with Gasteiger partial charge in [0.2, 0.25) is 5.95 Å². The summed E-state index contributed by atoms with van der Waals surface area (Å²) in [6, 6.07) is 3.71. The Hall–Kier alpha value is -2.98. The molecule has 3 aromatic heterocycles. The molecular weight excluding hydrogens is 388 g/mol. The normalized spacial score (nSPS) is 22.3. The zero-order chi connectivity index (χ0) is 20.7. The van der Waals surface area contributed by atoms with Crippen LogP contribution in [-0.4, -0.2) is 75.9 Å². The molecule has 30 heavy (non-hydrogen) atoms. The number of anilines is 1. The van der Waals surface area contributed by atoms with Crippen molar-refractivity contribution in [2.24, 2.45) is 0 Å². The quantitative estimate of drug-likeness (QED) is 0.592. The number of imidazole rings is 1. The first-order valence-corrected chi connectivity index (χ1v) is 10.1. The molecule has 2 aliphatic heterocycles. The van der Waals surface area contributed by atoms with Crippen molar-refractivity contribution in [1.29, 1.82) is 0 Å². The smallest absolute Gasteiger partial charge is 0.339 e. The van der Waals surface area contributed by atoms with Gasteiger partial charge in [-0.3, -0.25) is 9.25 Å². The molecule has 3 aromatic rings. The van der Waals surface area contributed by atoms with Crippen molar-refractivity contribution in [3.63, 3.8) is 0 Å². The van der Waals surface area contributed by atoms with Crippen LogP contribution < -0.4 is 4.90 Å². The first kappa shape index (κ1) is 19.0. The number of hydrogen-bond donors (Lipinski definition) is 0. The number of methoxy groups -OCH3 is 1. The van der Waals surface area contributed by atoms with Gasteiger partial charge in [0.05, 0.1) is 31.9 Å². The Bertz CT molecular complexity index is 1030.